The van der Waals surface area contributed by atoms with Crippen molar-refractivity contribution in [3.63, 3.8) is 0 Å². The van der Waals surface area contributed by atoms with E-state index in [2.05, 4.69) is 10.6 Å². The van der Waals surface area contributed by atoms with Crippen LogP contribution in [0.25, 0.3) is 0 Å². The molecule has 1 amide bonds. The number of amides is 1. The zero-order valence-electron chi connectivity index (χ0n) is 11.4. The van der Waals surface area contributed by atoms with Crippen molar-refractivity contribution in [1.29, 1.82) is 0 Å². The van der Waals surface area contributed by atoms with Crippen LogP contribution in [-0.4, -0.2) is 19.6 Å². The number of anilines is 2. The molecule has 2 aromatic rings. The van der Waals surface area contributed by atoms with Crippen LogP contribution in [0.1, 0.15) is 6.42 Å². The number of rotatable bonds is 6. The third kappa shape index (κ3) is 4.02. The van der Waals surface area contributed by atoms with Gasteiger partial charge in [0.2, 0.25) is 5.91 Å². The molecule has 104 valence electrons. The van der Waals surface area contributed by atoms with Gasteiger partial charge in [-0.05, 0) is 24.3 Å². The van der Waals surface area contributed by atoms with Crippen molar-refractivity contribution in [1.82, 2.24) is 0 Å². The maximum atomic E-state index is 11.9. The molecule has 20 heavy (non-hydrogen) atoms. The van der Waals surface area contributed by atoms with E-state index in [1.54, 1.807) is 7.11 Å². The summed E-state index contributed by atoms with van der Waals surface area (Å²) >= 11 is 0. The Morgan fingerprint density at radius 2 is 1.75 bits per heavy atom. The lowest BCUT2D eigenvalue weighted by Gasteiger charge is -2.10. The summed E-state index contributed by atoms with van der Waals surface area (Å²) in [6, 6.07) is 17.2. The van der Waals surface area contributed by atoms with Crippen LogP contribution in [0.2, 0.25) is 0 Å². The zero-order valence-corrected chi connectivity index (χ0v) is 11.4. The van der Waals surface area contributed by atoms with Gasteiger partial charge in [0.05, 0.1) is 12.8 Å². The van der Waals surface area contributed by atoms with E-state index in [9.17, 15) is 4.79 Å². The SMILES string of the molecule is COc1ccccc1NC(=O)CCNc1ccccc1. The van der Waals surface area contributed by atoms with Crippen molar-refractivity contribution in [2.45, 2.75) is 6.42 Å². The summed E-state index contributed by atoms with van der Waals surface area (Å²) in [5.41, 5.74) is 1.71. The van der Waals surface area contributed by atoms with Gasteiger partial charge in [0.1, 0.15) is 5.75 Å². The fourth-order valence-electron chi connectivity index (χ4n) is 1.84. The lowest BCUT2D eigenvalue weighted by atomic mass is 10.2. The molecule has 2 N–H and O–H groups in total. The monoisotopic (exact) mass is 270 g/mol. The smallest absolute Gasteiger partial charge is 0.226 e. The highest BCUT2D eigenvalue weighted by atomic mass is 16.5. The Morgan fingerprint density at radius 3 is 2.50 bits per heavy atom. The number of para-hydroxylation sites is 3. The van der Waals surface area contributed by atoms with Crippen LogP contribution in [0.4, 0.5) is 11.4 Å². The lowest BCUT2D eigenvalue weighted by molar-refractivity contribution is -0.115. The first-order valence-corrected chi connectivity index (χ1v) is 6.51. The van der Waals surface area contributed by atoms with Crippen LogP contribution >= 0.6 is 0 Å². The summed E-state index contributed by atoms with van der Waals surface area (Å²) in [5.74, 6) is 0.620. The van der Waals surface area contributed by atoms with E-state index in [4.69, 9.17) is 4.74 Å². The van der Waals surface area contributed by atoms with E-state index >= 15 is 0 Å². The van der Waals surface area contributed by atoms with Gasteiger partial charge in [-0.2, -0.15) is 0 Å². The molecule has 0 bridgehead atoms. The predicted molar refractivity (Wildman–Crippen MR) is 81.2 cm³/mol. The summed E-state index contributed by atoms with van der Waals surface area (Å²) in [5, 5.41) is 6.04. The van der Waals surface area contributed by atoms with Crippen LogP contribution in [0, 0.1) is 0 Å². The van der Waals surface area contributed by atoms with Gasteiger partial charge in [0.25, 0.3) is 0 Å². The molecule has 0 aliphatic rings. The minimum Gasteiger partial charge on any atom is -0.495 e. The van der Waals surface area contributed by atoms with Crippen LogP contribution in [0.3, 0.4) is 0 Å². The van der Waals surface area contributed by atoms with Gasteiger partial charge < -0.3 is 15.4 Å². The molecule has 0 spiro atoms. The van der Waals surface area contributed by atoms with Crippen LogP contribution < -0.4 is 15.4 Å². The van der Waals surface area contributed by atoms with Crippen molar-refractivity contribution in [3.05, 3.63) is 54.6 Å². The van der Waals surface area contributed by atoms with Gasteiger partial charge in [0, 0.05) is 18.7 Å². The molecule has 0 fully saturated rings. The first-order chi connectivity index (χ1) is 9.79. The van der Waals surface area contributed by atoms with Gasteiger partial charge in [-0.1, -0.05) is 30.3 Å². The molecule has 0 aliphatic carbocycles. The zero-order chi connectivity index (χ0) is 14.2. The largest absolute Gasteiger partial charge is 0.495 e. The topological polar surface area (TPSA) is 50.4 Å². The molecule has 4 nitrogen and oxygen atoms in total. The summed E-state index contributed by atoms with van der Waals surface area (Å²) in [7, 11) is 1.59. The van der Waals surface area contributed by atoms with E-state index in [1.807, 2.05) is 54.6 Å². The minimum absolute atomic E-state index is 0.0436. The second-order valence-electron chi connectivity index (χ2n) is 4.29. The standard InChI is InChI=1S/C16H18N2O2/c1-20-15-10-6-5-9-14(15)18-16(19)11-12-17-13-7-3-2-4-8-13/h2-10,17H,11-12H2,1H3,(H,18,19). The van der Waals surface area contributed by atoms with E-state index in [1.165, 1.54) is 0 Å². The Labute approximate surface area is 118 Å². The molecule has 0 saturated carbocycles. The normalized spacial score (nSPS) is 9.85. The van der Waals surface area contributed by atoms with Gasteiger partial charge in [0.15, 0.2) is 0 Å². The summed E-state index contributed by atoms with van der Waals surface area (Å²) in [6.45, 7) is 0.588. The third-order valence-corrected chi connectivity index (χ3v) is 2.84. The molecular weight excluding hydrogens is 252 g/mol. The van der Waals surface area contributed by atoms with E-state index in [0.717, 1.165) is 5.69 Å². The second kappa shape index (κ2) is 7.19. The number of methoxy groups -OCH3 is 1. The third-order valence-electron chi connectivity index (χ3n) is 2.84. The fraction of sp³-hybridized carbons (Fsp3) is 0.188. The van der Waals surface area contributed by atoms with Crippen molar-refractivity contribution in [2.75, 3.05) is 24.3 Å². The number of ether oxygens (including phenoxy) is 1. The highest BCUT2D eigenvalue weighted by Crippen LogP contribution is 2.22. The average molecular weight is 270 g/mol. The molecule has 0 saturated heterocycles. The van der Waals surface area contributed by atoms with Crippen LogP contribution in [0.15, 0.2) is 54.6 Å². The lowest BCUT2D eigenvalue weighted by Crippen LogP contribution is -2.16. The number of hydrogen-bond acceptors (Lipinski definition) is 3. The van der Waals surface area contributed by atoms with Gasteiger partial charge >= 0.3 is 0 Å². The molecule has 4 heteroatoms. The minimum atomic E-state index is -0.0436. The Morgan fingerprint density at radius 1 is 1.05 bits per heavy atom. The molecule has 0 heterocycles. The number of carbonyl (C=O) groups excluding carboxylic acids is 1. The van der Waals surface area contributed by atoms with E-state index < -0.39 is 0 Å². The maximum absolute atomic E-state index is 11.9. The number of carbonyl (C=O) groups is 1. The first-order valence-electron chi connectivity index (χ1n) is 6.51. The highest BCUT2D eigenvalue weighted by molar-refractivity contribution is 5.92. The van der Waals surface area contributed by atoms with Crippen LogP contribution in [0.5, 0.6) is 5.75 Å². The Hall–Kier alpha value is -2.49. The van der Waals surface area contributed by atoms with Gasteiger partial charge in [-0.3, -0.25) is 4.79 Å². The number of hydrogen-bond donors (Lipinski definition) is 2. The summed E-state index contributed by atoms with van der Waals surface area (Å²) in [6.07, 6.45) is 0.396. The average Bonchev–Trinajstić information content (AvgIpc) is 2.49. The van der Waals surface area contributed by atoms with Crippen molar-refractivity contribution >= 4 is 17.3 Å². The Bertz CT molecular complexity index is 555. The van der Waals surface area contributed by atoms with Crippen LogP contribution in [-0.2, 0) is 4.79 Å². The fourth-order valence-corrected chi connectivity index (χ4v) is 1.84. The molecular formula is C16H18N2O2. The molecule has 0 unspecified atom stereocenters. The quantitative estimate of drug-likeness (QED) is 0.848. The number of benzene rings is 2. The van der Waals surface area contributed by atoms with Crippen molar-refractivity contribution < 1.29 is 9.53 Å². The van der Waals surface area contributed by atoms with Crippen molar-refractivity contribution in [3.8, 4) is 5.75 Å². The molecule has 0 atom stereocenters. The Kier molecular flexibility index (Phi) is 5.00. The Balaban J connectivity index is 1.81. The molecule has 0 aliphatic heterocycles. The molecule has 2 rings (SSSR count). The van der Waals surface area contributed by atoms with E-state index in [-0.39, 0.29) is 5.91 Å². The summed E-state index contributed by atoms with van der Waals surface area (Å²) in [4.78, 5) is 11.9. The second-order valence-corrected chi connectivity index (χ2v) is 4.29. The van der Waals surface area contributed by atoms with Gasteiger partial charge in [-0.15, -0.1) is 0 Å². The van der Waals surface area contributed by atoms with Gasteiger partial charge in [-0.25, -0.2) is 0 Å². The molecule has 0 radical (unpaired) electrons. The number of nitrogens with one attached hydrogen (secondary N) is 2. The molecule has 2 aromatic carbocycles. The first kappa shape index (κ1) is 13.9. The predicted octanol–water partition coefficient (Wildman–Crippen LogP) is 3.14. The summed E-state index contributed by atoms with van der Waals surface area (Å²) < 4.78 is 5.19. The van der Waals surface area contributed by atoms with E-state index in [0.29, 0.717) is 24.4 Å². The highest BCUT2D eigenvalue weighted by Gasteiger charge is 2.06. The molecule has 0 aromatic heterocycles. The maximum Gasteiger partial charge on any atom is 0.226 e. The van der Waals surface area contributed by atoms with Crippen molar-refractivity contribution in [2.24, 2.45) is 0 Å².